The van der Waals surface area contributed by atoms with Gasteiger partial charge in [0, 0.05) is 12.6 Å². The molecule has 2 rings (SSSR count). The van der Waals surface area contributed by atoms with E-state index < -0.39 is 5.97 Å². The van der Waals surface area contributed by atoms with Crippen molar-refractivity contribution >= 4 is 17.9 Å². The molecule has 1 aromatic carbocycles. The minimum Gasteiger partial charge on any atom is -0.488 e. The number of fused-ring (bicyclic) bond motifs is 1. The molecule has 0 spiro atoms. The van der Waals surface area contributed by atoms with E-state index in [0.717, 1.165) is 5.57 Å². The van der Waals surface area contributed by atoms with E-state index in [4.69, 9.17) is 9.47 Å². The Morgan fingerprint density at radius 3 is 2.92 bits per heavy atom. The van der Waals surface area contributed by atoms with Crippen molar-refractivity contribution in [2.75, 3.05) is 25.2 Å². The Morgan fingerprint density at radius 2 is 2.32 bits per heavy atom. The molecular formula is C19H24N2O4. The largest absolute Gasteiger partial charge is 0.488 e. The SMILES string of the molecule is C=C(C)C/C=N\C(=C/C)N1c2cccc(C(=O)OC)c2OC[C@@H]1CO. The zero-order chi connectivity index (χ0) is 18.4. The van der Waals surface area contributed by atoms with Gasteiger partial charge in [0.1, 0.15) is 18.0 Å². The lowest BCUT2D eigenvalue weighted by Crippen LogP contribution is -2.45. The van der Waals surface area contributed by atoms with E-state index in [1.54, 1.807) is 18.3 Å². The van der Waals surface area contributed by atoms with Crippen molar-refractivity contribution in [2.45, 2.75) is 26.3 Å². The lowest BCUT2D eigenvalue weighted by molar-refractivity contribution is 0.0594. The minimum atomic E-state index is -0.466. The van der Waals surface area contributed by atoms with Crippen LogP contribution < -0.4 is 9.64 Å². The quantitative estimate of drug-likeness (QED) is 0.488. The summed E-state index contributed by atoms with van der Waals surface area (Å²) in [5.74, 6) is 0.646. The minimum absolute atomic E-state index is 0.102. The molecule has 6 nitrogen and oxygen atoms in total. The fourth-order valence-electron chi connectivity index (χ4n) is 2.60. The monoisotopic (exact) mass is 344 g/mol. The third kappa shape index (κ3) is 4.09. The molecule has 0 amide bonds. The van der Waals surface area contributed by atoms with Crippen molar-refractivity contribution < 1.29 is 19.4 Å². The molecule has 0 saturated heterocycles. The summed E-state index contributed by atoms with van der Waals surface area (Å²) in [5.41, 5.74) is 2.03. The molecule has 25 heavy (non-hydrogen) atoms. The summed E-state index contributed by atoms with van der Waals surface area (Å²) in [4.78, 5) is 18.4. The first-order chi connectivity index (χ1) is 12.0. The van der Waals surface area contributed by atoms with Crippen LogP contribution in [0.15, 0.2) is 47.2 Å². The summed E-state index contributed by atoms with van der Waals surface area (Å²) in [6.07, 6.45) is 4.31. The van der Waals surface area contributed by atoms with Crippen LogP contribution in [0.2, 0.25) is 0 Å². The van der Waals surface area contributed by atoms with Crippen LogP contribution in [0.25, 0.3) is 0 Å². The molecular weight excluding hydrogens is 320 g/mol. The number of anilines is 1. The van der Waals surface area contributed by atoms with E-state index in [0.29, 0.717) is 29.2 Å². The smallest absolute Gasteiger partial charge is 0.341 e. The van der Waals surface area contributed by atoms with Gasteiger partial charge in [0.2, 0.25) is 0 Å². The number of benzene rings is 1. The third-order valence-electron chi connectivity index (χ3n) is 3.82. The van der Waals surface area contributed by atoms with E-state index in [1.165, 1.54) is 7.11 Å². The Kier molecular flexibility index (Phi) is 6.36. The normalized spacial score (nSPS) is 17.2. The number of aliphatic imine (C=N–C) groups is 1. The Balaban J connectivity index is 2.48. The summed E-state index contributed by atoms with van der Waals surface area (Å²) >= 11 is 0. The number of carbonyl (C=O) groups excluding carboxylic acids is 1. The van der Waals surface area contributed by atoms with Gasteiger partial charge in [0.15, 0.2) is 5.75 Å². The zero-order valence-corrected chi connectivity index (χ0v) is 14.9. The highest BCUT2D eigenvalue weighted by atomic mass is 16.5. The van der Waals surface area contributed by atoms with Crippen LogP contribution >= 0.6 is 0 Å². The molecule has 0 aromatic heterocycles. The van der Waals surface area contributed by atoms with Crippen LogP contribution in [0.3, 0.4) is 0 Å². The molecule has 0 aliphatic carbocycles. The number of carbonyl (C=O) groups is 1. The van der Waals surface area contributed by atoms with Crippen molar-refractivity contribution in [1.82, 2.24) is 0 Å². The van der Waals surface area contributed by atoms with Gasteiger partial charge in [-0.3, -0.25) is 0 Å². The first-order valence-electron chi connectivity index (χ1n) is 8.10. The van der Waals surface area contributed by atoms with Gasteiger partial charge in [-0.1, -0.05) is 18.2 Å². The van der Waals surface area contributed by atoms with Crippen molar-refractivity contribution in [1.29, 1.82) is 0 Å². The third-order valence-corrected chi connectivity index (χ3v) is 3.82. The number of hydrogen-bond acceptors (Lipinski definition) is 6. The highest BCUT2D eigenvalue weighted by Gasteiger charge is 2.32. The van der Waals surface area contributed by atoms with Crippen molar-refractivity contribution in [3.05, 3.63) is 47.8 Å². The van der Waals surface area contributed by atoms with E-state index in [2.05, 4.69) is 11.6 Å². The van der Waals surface area contributed by atoms with Crippen molar-refractivity contribution in [3.63, 3.8) is 0 Å². The second-order valence-corrected chi connectivity index (χ2v) is 5.78. The summed E-state index contributed by atoms with van der Waals surface area (Å²) in [7, 11) is 1.33. The van der Waals surface area contributed by atoms with E-state index in [1.807, 2.05) is 30.9 Å². The molecule has 0 saturated carbocycles. The van der Waals surface area contributed by atoms with Crippen molar-refractivity contribution in [2.24, 2.45) is 4.99 Å². The Hall–Kier alpha value is -2.60. The van der Waals surface area contributed by atoms with Gasteiger partial charge in [0.25, 0.3) is 0 Å². The fraction of sp³-hybridized carbons (Fsp3) is 0.368. The van der Waals surface area contributed by atoms with Gasteiger partial charge in [-0.25, -0.2) is 9.79 Å². The fourth-order valence-corrected chi connectivity index (χ4v) is 2.60. The second kappa shape index (κ2) is 8.48. The molecule has 134 valence electrons. The van der Waals surface area contributed by atoms with Gasteiger partial charge in [-0.05, 0) is 32.1 Å². The van der Waals surface area contributed by atoms with Gasteiger partial charge in [0.05, 0.1) is 25.4 Å². The molecule has 1 atom stereocenters. The number of para-hydroxylation sites is 1. The molecule has 1 N–H and O–H groups in total. The lowest BCUT2D eigenvalue weighted by Gasteiger charge is -2.38. The topological polar surface area (TPSA) is 71.4 Å². The maximum Gasteiger partial charge on any atom is 0.341 e. The number of rotatable bonds is 6. The number of nitrogens with zero attached hydrogens (tertiary/aromatic N) is 2. The molecule has 6 heteroatoms. The summed E-state index contributed by atoms with van der Waals surface area (Å²) < 4.78 is 10.6. The Bertz CT molecular complexity index is 709. The zero-order valence-electron chi connectivity index (χ0n) is 14.9. The average Bonchev–Trinajstić information content (AvgIpc) is 2.63. The molecule has 0 bridgehead atoms. The average molecular weight is 344 g/mol. The van der Waals surface area contributed by atoms with Crippen LogP contribution in [0.5, 0.6) is 5.75 Å². The first kappa shape index (κ1) is 18.7. The molecule has 1 heterocycles. The number of esters is 1. The summed E-state index contributed by atoms with van der Waals surface area (Å²) in [6, 6.07) is 4.95. The lowest BCUT2D eigenvalue weighted by atomic mass is 10.1. The molecule has 0 radical (unpaired) electrons. The number of allylic oxidation sites excluding steroid dienone is 2. The van der Waals surface area contributed by atoms with Crippen LogP contribution in [0.4, 0.5) is 5.69 Å². The predicted molar refractivity (Wildman–Crippen MR) is 98.3 cm³/mol. The standard InChI is InChI=1S/C19H24N2O4/c1-5-17(20-10-9-13(2)3)21-14(11-22)12-25-18-15(19(23)24-4)7-6-8-16(18)21/h5-8,10,14,22H,2,9,11-12H2,1,3-4H3/b17-5+,20-10-/t14-/m0/s1. The molecule has 1 aliphatic heterocycles. The highest BCUT2D eigenvalue weighted by Crippen LogP contribution is 2.39. The molecule has 0 fully saturated rings. The van der Waals surface area contributed by atoms with Gasteiger partial charge in [-0.2, -0.15) is 0 Å². The van der Waals surface area contributed by atoms with Crippen LogP contribution in [0.1, 0.15) is 30.6 Å². The van der Waals surface area contributed by atoms with Gasteiger partial charge >= 0.3 is 5.97 Å². The first-order valence-corrected chi connectivity index (χ1v) is 8.10. The number of aliphatic hydroxyl groups is 1. The Labute approximate surface area is 148 Å². The van der Waals surface area contributed by atoms with E-state index in [-0.39, 0.29) is 19.3 Å². The number of aliphatic hydroxyl groups excluding tert-OH is 1. The highest BCUT2D eigenvalue weighted by molar-refractivity contribution is 5.95. The van der Waals surface area contributed by atoms with Crippen molar-refractivity contribution in [3.8, 4) is 5.75 Å². The second-order valence-electron chi connectivity index (χ2n) is 5.78. The molecule has 0 unspecified atom stereocenters. The van der Waals surface area contributed by atoms with Crippen LogP contribution in [-0.2, 0) is 4.74 Å². The van der Waals surface area contributed by atoms with Gasteiger partial charge in [-0.15, -0.1) is 0 Å². The van der Waals surface area contributed by atoms with Crippen LogP contribution in [-0.4, -0.2) is 43.7 Å². The predicted octanol–water partition coefficient (Wildman–Crippen LogP) is 2.93. The number of ether oxygens (including phenoxy) is 2. The number of methoxy groups -OCH3 is 1. The molecule has 1 aliphatic rings. The maximum atomic E-state index is 12.0. The number of hydrogen-bond donors (Lipinski definition) is 1. The maximum absolute atomic E-state index is 12.0. The van der Waals surface area contributed by atoms with Crippen LogP contribution in [0, 0.1) is 0 Å². The van der Waals surface area contributed by atoms with E-state index in [9.17, 15) is 9.90 Å². The summed E-state index contributed by atoms with van der Waals surface area (Å²) in [6.45, 7) is 7.81. The summed E-state index contributed by atoms with van der Waals surface area (Å²) in [5, 5.41) is 9.76. The van der Waals surface area contributed by atoms with E-state index >= 15 is 0 Å². The molecule has 1 aromatic rings. The Morgan fingerprint density at radius 1 is 1.56 bits per heavy atom. The van der Waals surface area contributed by atoms with Gasteiger partial charge < -0.3 is 19.5 Å².